The van der Waals surface area contributed by atoms with Crippen molar-refractivity contribution in [2.75, 3.05) is 11.9 Å². The average Bonchev–Trinajstić information content (AvgIpc) is 3.26. The zero-order valence-electron chi connectivity index (χ0n) is 12.8. The Balaban J connectivity index is 1.41. The van der Waals surface area contributed by atoms with Gasteiger partial charge in [-0.2, -0.15) is 10.1 Å². The van der Waals surface area contributed by atoms with Crippen molar-refractivity contribution in [1.29, 1.82) is 0 Å². The Morgan fingerprint density at radius 2 is 2.17 bits per heavy atom. The number of carbonyl (C=O) groups is 2. The van der Waals surface area contributed by atoms with Crippen LogP contribution in [0.15, 0.2) is 6.33 Å². The first-order valence-corrected chi connectivity index (χ1v) is 8.19. The van der Waals surface area contributed by atoms with Crippen molar-refractivity contribution in [2.24, 2.45) is 11.8 Å². The predicted octanol–water partition coefficient (Wildman–Crippen LogP) is -0.416. The van der Waals surface area contributed by atoms with Gasteiger partial charge < -0.3 is 4.90 Å². The van der Waals surface area contributed by atoms with Gasteiger partial charge in [-0.3, -0.25) is 20.3 Å². The fourth-order valence-corrected chi connectivity index (χ4v) is 3.99. The number of aromatic amines is 1. The SMILES string of the molecule is O=C(Nc1ncn[nH]1)C1CC(=O)N(C2NNC3CCCCC32)C1. The Morgan fingerprint density at radius 3 is 3.00 bits per heavy atom. The van der Waals surface area contributed by atoms with E-state index in [-0.39, 0.29) is 30.3 Å². The number of nitrogens with one attached hydrogen (secondary N) is 4. The molecule has 2 amide bonds. The van der Waals surface area contributed by atoms with Gasteiger partial charge >= 0.3 is 0 Å². The van der Waals surface area contributed by atoms with Gasteiger partial charge in [-0.15, -0.1) is 0 Å². The minimum Gasteiger partial charge on any atom is -0.325 e. The van der Waals surface area contributed by atoms with Crippen molar-refractivity contribution in [2.45, 2.75) is 44.3 Å². The van der Waals surface area contributed by atoms with E-state index in [1.165, 1.54) is 19.2 Å². The number of H-pyrrole nitrogens is 1. The maximum Gasteiger partial charge on any atom is 0.232 e. The van der Waals surface area contributed by atoms with Crippen molar-refractivity contribution < 1.29 is 9.59 Å². The van der Waals surface area contributed by atoms with Crippen LogP contribution in [-0.2, 0) is 9.59 Å². The Morgan fingerprint density at radius 1 is 1.30 bits per heavy atom. The molecule has 0 radical (unpaired) electrons. The molecule has 0 bridgehead atoms. The second kappa shape index (κ2) is 5.89. The molecule has 23 heavy (non-hydrogen) atoms. The molecular weight excluding hydrogens is 298 g/mol. The number of fused-ring (bicyclic) bond motifs is 1. The van der Waals surface area contributed by atoms with Gasteiger partial charge in [0.05, 0.1) is 12.1 Å². The summed E-state index contributed by atoms with van der Waals surface area (Å²) in [6.45, 7) is 0.446. The lowest BCUT2D eigenvalue weighted by molar-refractivity contribution is -0.131. The smallest absolute Gasteiger partial charge is 0.232 e. The molecule has 4 unspecified atom stereocenters. The lowest BCUT2D eigenvalue weighted by Gasteiger charge is -2.32. The molecule has 2 saturated heterocycles. The number of carbonyl (C=O) groups excluding carboxylic acids is 2. The van der Waals surface area contributed by atoms with E-state index in [2.05, 4.69) is 31.3 Å². The normalized spacial score (nSPS) is 33.7. The first-order chi connectivity index (χ1) is 11.2. The number of hydrazine groups is 1. The van der Waals surface area contributed by atoms with Crippen LogP contribution >= 0.6 is 0 Å². The highest BCUT2D eigenvalue weighted by atomic mass is 16.2. The molecule has 1 aliphatic carbocycles. The summed E-state index contributed by atoms with van der Waals surface area (Å²) in [6.07, 6.45) is 6.28. The first-order valence-electron chi connectivity index (χ1n) is 8.19. The number of nitrogens with zero attached hydrogens (tertiary/aromatic N) is 3. The second-order valence-corrected chi connectivity index (χ2v) is 6.56. The van der Waals surface area contributed by atoms with E-state index in [0.717, 1.165) is 12.8 Å². The van der Waals surface area contributed by atoms with E-state index in [4.69, 9.17) is 0 Å². The summed E-state index contributed by atoms with van der Waals surface area (Å²) < 4.78 is 0. The van der Waals surface area contributed by atoms with Crippen LogP contribution in [-0.4, -0.2) is 50.6 Å². The fraction of sp³-hybridized carbons (Fsp3) is 0.714. The van der Waals surface area contributed by atoms with Gasteiger partial charge in [-0.05, 0) is 12.8 Å². The van der Waals surface area contributed by atoms with Crippen molar-refractivity contribution >= 4 is 17.8 Å². The summed E-state index contributed by atoms with van der Waals surface area (Å²) in [5, 5.41) is 8.95. The molecule has 9 nitrogen and oxygen atoms in total. The summed E-state index contributed by atoms with van der Waals surface area (Å²) in [6, 6.07) is 0.434. The van der Waals surface area contributed by atoms with Crippen LogP contribution < -0.4 is 16.2 Å². The summed E-state index contributed by atoms with van der Waals surface area (Å²) >= 11 is 0. The molecule has 1 aromatic heterocycles. The number of hydrogen-bond acceptors (Lipinski definition) is 6. The van der Waals surface area contributed by atoms with E-state index in [0.29, 0.717) is 24.5 Å². The summed E-state index contributed by atoms with van der Waals surface area (Å²) in [5.41, 5.74) is 6.59. The van der Waals surface area contributed by atoms with E-state index in [9.17, 15) is 9.59 Å². The van der Waals surface area contributed by atoms with Crippen molar-refractivity contribution in [1.82, 2.24) is 30.9 Å². The third kappa shape index (κ3) is 2.70. The third-order valence-corrected chi connectivity index (χ3v) is 5.16. The van der Waals surface area contributed by atoms with Gasteiger partial charge in [0.15, 0.2) is 0 Å². The number of aromatic nitrogens is 3. The number of hydrogen-bond donors (Lipinski definition) is 4. The maximum absolute atomic E-state index is 12.4. The molecule has 1 saturated carbocycles. The van der Waals surface area contributed by atoms with E-state index in [1.54, 1.807) is 0 Å². The van der Waals surface area contributed by atoms with Gasteiger partial charge in [0, 0.05) is 24.9 Å². The number of likely N-dealkylation sites (tertiary alicyclic amines) is 1. The van der Waals surface area contributed by atoms with Crippen molar-refractivity contribution in [3.05, 3.63) is 6.33 Å². The molecule has 4 atom stereocenters. The summed E-state index contributed by atoms with van der Waals surface area (Å²) in [4.78, 5) is 30.4. The highest BCUT2D eigenvalue weighted by Crippen LogP contribution is 2.34. The number of rotatable bonds is 3. The molecule has 4 rings (SSSR count). The molecule has 4 N–H and O–H groups in total. The number of amides is 2. The monoisotopic (exact) mass is 319 g/mol. The number of anilines is 1. The third-order valence-electron chi connectivity index (χ3n) is 5.16. The lowest BCUT2D eigenvalue weighted by Crippen LogP contribution is -2.48. The molecule has 3 aliphatic rings. The lowest BCUT2D eigenvalue weighted by atomic mass is 9.84. The van der Waals surface area contributed by atoms with Crippen LogP contribution in [0.2, 0.25) is 0 Å². The Hall–Kier alpha value is -2.00. The van der Waals surface area contributed by atoms with Gasteiger partial charge in [0.25, 0.3) is 0 Å². The van der Waals surface area contributed by atoms with Gasteiger partial charge in [0.2, 0.25) is 17.8 Å². The standard InChI is InChI=1S/C14H21N7O2/c22-11-5-8(13(23)17-14-15-7-16-20-14)6-21(11)12-9-3-1-2-4-10(9)18-19-12/h7-10,12,18-19H,1-6H2,(H2,15,16,17,20,23). The van der Waals surface area contributed by atoms with E-state index < -0.39 is 0 Å². The fourth-order valence-electron chi connectivity index (χ4n) is 3.99. The maximum atomic E-state index is 12.4. The van der Waals surface area contributed by atoms with Crippen LogP contribution in [0.1, 0.15) is 32.1 Å². The van der Waals surface area contributed by atoms with Gasteiger partial charge in [-0.1, -0.05) is 12.8 Å². The first kappa shape index (κ1) is 14.6. The molecule has 9 heteroatoms. The van der Waals surface area contributed by atoms with Crippen molar-refractivity contribution in [3.8, 4) is 0 Å². The van der Waals surface area contributed by atoms with E-state index >= 15 is 0 Å². The molecule has 0 spiro atoms. The predicted molar refractivity (Wildman–Crippen MR) is 80.6 cm³/mol. The van der Waals surface area contributed by atoms with Gasteiger partial charge in [-0.25, -0.2) is 10.5 Å². The Kier molecular flexibility index (Phi) is 3.74. The molecule has 3 fully saturated rings. The van der Waals surface area contributed by atoms with Crippen molar-refractivity contribution in [3.63, 3.8) is 0 Å². The topological polar surface area (TPSA) is 115 Å². The van der Waals surface area contributed by atoms with Crippen LogP contribution in [0.25, 0.3) is 0 Å². The largest absolute Gasteiger partial charge is 0.325 e. The van der Waals surface area contributed by atoms with Crippen LogP contribution in [0.4, 0.5) is 5.95 Å². The zero-order valence-corrected chi connectivity index (χ0v) is 12.8. The van der Waals surface area contributed by atoms with Crippen LogP contribution in [0.5, 0.6) is 0 Å². The van der Waals surface area contributed by atoms with Crippen LogP contribution in [0, 0.1) is 11.8 Å². The van der Waals surface area contributed by atoms with E-state index in [1.807, 2.05) is 4.90 Å². The molecule has 0 aromatic carbocycles. The minimum absolute atomic E-state index is 0.00382. The summed E-state index contributed by atoms with van der Waals surface area (Å²) in [7, 11) is 0. The highest BCUT2D eigenvalue weighted by molar-refractivity contribution is 5.96. The molecule has 124 valence electrons. The minimum atomic E-state index is -0.350. The average molecular weight is 319 g/mol. The highest BCUT2D eigenvalue weighted by Gasteiger charge is 2.46. The summed E-state index contributed by atoms with van der Waals surface area (Å²) in [5.74, 6) is 0.242. The Bertz CT molecular complexity index is 590. The second-order valence-electron chi connectivity index (χ2n) is 6.56. The molecule has 1 aromatic rings. The Labute approximate surface area is 133 Å². The quantitative estimate of drug-likeness (QED) is 0.602. The van der Waals surface area contributed by atoms with Gasteiger partial charge in [0.1, 0.15) is 6.33 Å². The molecule has 3 heterocycles. The molecule has 2 aliphatic heterocycles. The molecular formula is C14H21N7O2. The zero-order chi connectivity index (χ0) is 15.8. The van der Waals surface area contributed by atoms with Crippen LogP contribution in [0.3, 0.4) is 0 Å².